The lowest BCUT2D eigenvalue weighted by Gasteiger charge is -2.32. The van der Waals surface area contributed by atoms with Crippen LogP contribution < -0.4 is 10.9 Å². The van der Waals surface area contributed by atoms with Crippen molar-refractivity contribution in [1.29, 1.82) is 0 Å². The number of likely N-dealkylation sites (tertiary alicyclic amines) is 1. The van der Waals surface area contributed by atoms with E-state index in [0.717, 1.165) is 37.9 Å². The molecule has 1 saturated carbocycles. The molecule has 27 heavy (non-hydrogen) atoms. The van der Waals surface area contributed by atoms with Crippen molar-refractivity contribution in [2.24, 2.45) is 5.92 Å². The lowest BCUT2D eigenvalue weighted by Crippen LogP contribution is -2.41. The second kappa shape index (κ2) is 9.13. The standard InChI is InChI=1S/C21H32N4O2/c26-21(8-7-20-18-5-1-2-6-19(18)23-24-20)25-12-9-17(10-13-25)27-15-16-4-3-11-22-14-16/h3-4,11,14,17-20,23-24H,1-2,5-10,12-13,15H2. The molecule has 148 valence electrons. The third-order valence-corrected chi connectivity index (χ3v) is 6.46. The molecule has 3 unspecified atom stereocenters. The fourth-order valence-corrected chi connectivity index (χ4v) is 4.83. The van der Waals surface area contributed by atoms with Gasteiger partial charge in [0.25, 0.3) is 0 Å². The van der Waals surface area contributed by atoms with Gasteiger partial charge in [-0.1, -0.05) is 18.9 Å². The molecule has 3 atom stereocenters. The van der Waals surface area contributed by atoms with E-state index >= 15 is 0 Å². The molecule has 6 nitrogen and oxygen atoms in total. The van der Waals surface area contributed by atoms with Gasteiger partial charge in [0.15, 0.2) is 0 Å². The van der Waals surface area contributed by atoms with Crippen molar-refractivity contribution in [3.05, 3.63) is 30.1 Å². The Balaban J connectivity index is 1.15. The highest BCUT2D eigenvalue weighted by molar-refractivity contribution is 5.76. The van der Waals surface area contributed by atoms with Crippen LogP contribution in [0.25, 0.3) is 0 Å². The van der Waals surface area contributed by atoms with E-state index in [0.29, 0.717) is 36.9 Å². The van der Waals surface area contributed by atoms with Gasteiger partial charge < -0.3 is 9.64 Å². The minimum atomic E-state index is 0.248. The Morgan fingerprint density at radius 1 is 1.19 bits per heavy atom. The highest BCUT2D eigenvalue weighted by Gasteiger charge is 2.37. The average molecular weight is 373 g/mol. The maximum Gasteiger partial charge on any atom is 0.222 e. The summed E-state index contributed by atoms with van der Waals surface area (Å²) in [6.07, 6.45) is 12.6. The largest absolute Gasteiger partial charge is 0.373 e. The molecule has 2 aliphatic heterocycles. The number of rotatable bonds is 6. The third kappa shape index (κ3) is 4.86. The van der Waals surface area contributed by atoms with Crippen LogP contribution in [0.15, 0.2) is 24.5 Å². The number of hydrogen-bond acceptors (Lipinski definition) is 5. The van der Waals surface area contributed by atoms with E-state index < -0.39 is 0 Å². The predicted molar refractivity (Wildman–Crippen MR) is 104 cm³/mol. The van der Waals surface area contributed by atoms with Crippen molar-refractivity contribution in [1.82, 2.24) is 20.7 Å². The number of nitrogens with one attached hydrogen (secondary N) is 2. The van der Waals surface area contributed by atoms with Crippen LogP contribution in [0.4, 0.5) is 0 Å². The molecule has 0 bridgehead atoms. The molecule has 0 radical (unpaired) electrons. The number of amides is 1. The second-order valence-electron chi connectivity index (χ2n) is 8.24. The van der Waals surface area contributed by atoms with Crippen LogP contribution in [-0.2, 0) is 16.1 Å². The van der Waals surface area contributed by atoms with Crippen molar-refractivity contribution in [2.45, 2.75) is 76.2 Å². The average Bonchev–Trinajstić information content (AvgIpc) is 3.15. The molecule has 3 aliphatic rings. The third-order valence-electron chi connectivity index (χ3n) is 6.46. The minimum Gasteiger partial charge on any atom is -0.373 e. The SMILES string of the molecule is O=C(CCC1NNC2CCCCC21)N1CCC(OCc2cccnc2)CC1. The highest BCUT2D eigenvalue weighted by atomic mass is 16.5. The number of carbonyl (C=O) groups is 1. The van der Waals surface area contributed by atoms with Crippen molar-refractivity contribution >= 4 is 5.91 Å². The molecule has 0 aromatic carbocycles. The Hall–Kier alpha value is -1.50. The smallest absolute Gasteiger partial charge is 0.222 e. The van der Waals surface area contributed by atoms with E-state index in [1.54, 1.807) is 6.20 Å². The molecule has 1 aliphatic carbocycles. The van der Waals surface area contributed by atoms with Gasteiger partial charge in [0, 0.05) is 44.0 Å². The number of fused-ring (bicyclic) bond motifs is 1. The number of piperidine rings is 1. The summed E-state index contributed by atoms with van der Waals surface area (Å²) >= 11 is 0. The number of nitrogens with zero attached hydrogens (tertiary/aromatic N) is 2. The fourth-order valence-electron chi connectivity index (χ4n) is 4.83. The summed E-state index contributed by atoms with van der Waals surface area (Å²) in [5, 5.41) is 0. The topological polar surface area (TPSA) is 66.5 Å². The number of aromatic nitrogens is 1. The summed E-state index contributed by atoms with van der Waals surface area (Å²) in [7, 11) is 0. The van der Waals surface area contributed by atoms with Crippen LogP contribution in [0.5, 0.6) is 0 Å². The molecule has 3 fully saturated rings. The number of pyridine rings is 1. The van der Waals surface area contributed by atoms with E-state index in [9.17, 15) is 4.79 Å². The summed E-state index contributed by atoms with van der Waals surface area (Å²) < 4.78 is 6.00. The van der Waals surface area contributed by atoms with Crippen LogP contribution in [0.3, 0.4) is 0 Å². The van der Waals surface area contributed by atoms with E-state index in [1.165, 1.54) is 25.7 Å². The fraction of sp³-hybridized carbons (Fsp3) is 0.714. The summed E-state index contributed by atoms with van der Waals surface area (Å²) in [4.78, 5) is 18.8. The molecule has 4 rings (SSSR count). The zero-order valence-corrected chi connectivity index (χ0v) is 16.1. The number of hydrogen-bond donors (Lipinski definition) is 2. The Labute approximate surface area is 162 Å². The first kappa shape index (κ1) is 18.8. The van der Waals surface area contributed by atoms with Gasteiger partial charge in [0.05, 0.1) is 12.7 Å². The normalized spacial score (nSPS) is 28.9. The lowest BCUT2D eigenvalue weighted by atomic mass is 9.80. The van der Waals surface area contributed by atoms with E-state index in [1.807, 2.05) is 23.2 Å². The molecule has 1 aromatic rings. The van der Waals surface area contributed by atoms with Crippen LogP contribution in [0, 0.1) is 5.92 Å². The van der Waals surface area contributed by atoms with Gasteiger partial charge >= 0.3 is 0 Å². The van der Waals surface area contributed by atoms with Crippen LogP contribution in [0.1, 0.15) is 56.9 Å². The summed E-state index contributed by atoms with van der Waals surface area (Å²) in [5.41, 5.74) is 8.01. The Kier molecular flexibility index (Phi) is 6.37. The van der Waals surface area contributed by atoms with Crippen molar-refractivity contribution < 1.29 is 9.53 Å². The summed E-state index contributed by atoms with van der Waals surface area (Å²) in [6, 6.07) is 5.05. The van der Waals surface area contributed by atoms with Gasteiger partial charge in [0.2, 0.25) is 5.91 Å². The molecule has 2 saturated heterocycles. The molecule has 2 N–H and O–H groups in total. The molecule has 1 aromatic heterocycles. The maximum atomic E-state index is 12.6. The number of hydrazine groups is 1. The molecule has 1 amide bonds. The Morgan fingerprint density at radius 3 is 2.85 bits per heavy atom. The zero-order valence-electron chi connectivity index (χ0n) is 16.1. The van der Waals surface area contributed by atoms with Crippen molar-refractivity contribution in [2.75, 3.05) is 13.1 Å². The predicted octanol–water partition coefficient (Wildman–Crippen LogP) is 2.40. The Bertz CT molecular complexity index is 603. The summed E-state index contributed by atoms with van der Waals surface area (Å²) in [6.45, 7) is 2.24. The molecule has 6 heteroatoms. The van der Waals surface area contributed by atoms with Crippen molar-refractivity contribution in [3.8, 4) is 0 Å². The van der Waals surface area contributed by atoms with Gasteiger partial charge in [0.1, 0.15) is 0 Å². The van der Waals surface area contributed by atoms with Gasteiger partial charge in [-0.05, 0) is 49.7 Å². The quantitative estimate of drug-likeness (QED) is 0.803. The number of carbonyl (C=O) groups excluding carboxylic acids is 1. The minimum absolute atomic E-state index is 0.248. The van der Waals surface area contributed by atoms with Crippen LogP contribution in [0.2, 0.25) is 0 Å². The van der Waals surface area contributed by atoms with Gasteiger partial charge in [-0.25, -0.2) is 0 Å². The first-order valence-corrected chi connectivity index (χ1v) is 10.6. The molecular weight excluding hydrogens is 340 g/mol. The van der Waals surface area contributed by atoms with Crippen LogP contribution in [-0.4, -0.2) is 47.1 Å². The lowest BCUT2D eigenvalue weighted by molar-refractivity contribution is -0.134. The molecular formula is C21H32N4O2. The second-order valence-corrected chi connectivity index (χ2v) is 8.24. The monoisotopic (exact) mass is 372 g/mol. The van der Waals surface area contributed by atoms with Gasteiger partial charge in [-0.15, -0.1) is 0 Å². The molecule has 3 heterocycles. The van der Waals surface area contributed by atoms with Crippen LogP contribution >= 0.6 is 0 Å². The van der Waals surface area contributed by atoms with E-state index in [-0.39, 0.29) is 6.10 Å². The first-order valence-electron chi connectivity index (χ1n) is 10.6. The van der Waals surface area contributed by atoms with E-state index in [4.69, 9.17) is 4.74 Å². The Morgan fingerprint density at radius 2 is 2.04 bits per heavy atom. The van der Waals surface area contributed by atoms with Crippen molar-refractivity contribution in [3.63, 3.8) is 0 Å². The molecule has 0 spiro atoms. The maximum absolute atomic E-state index is 12.6. The number of ether oxygens (including phenoxy) is 1. The zero-order chi connectivity index (χ0) is 18.5. The van der Waals surface area contributed by atoms with E-state index in [2.05, 4.69) is 15.8 Å². The van der Waals surface area contributed by atoms with Gasteiger partial charge in [-0.3, -0.25) is 20.6 Å². The highest BCUT2D eigenvalue weighted by Crippen LogP contribution is 2.32. The first-order chi connectivity index (χ1) is 13.3. The summed E-state index contributed by atoms with van der Waals surface area (Å²) in [5.74, 6) is 1.01. The van der Waals surface area contributed by atoms with Gasteiger partial charge in [-0.2, -0.15) is 0 Å².